The zero-order chi connectivity index (χ0) is 23.6. The zero-order valence-electron chi connectivity index (χ0n) is 19.0. The zero-order valence-corrected chi connectivity index (χ0v) is 20.6. The molecule has 8 nitrogen and oxygen atoms in total. The van der Waals surface area contributed by atoms with Gasteiger partial charge in [0.15, 0.2) is 0 Å². The summed E-state index contributed by atoms with van der Waals surface area (Å²) in [5.74, 6) is 0.452. The van der Waals surface area contributed by atoms with Gasteiger partial charge in [0.2, 0.25) is 10.0 Å². The first-order valence-electron chi connectivity index (χ1n) is 11.2. The summed E-state index contributed by atoms with van der Waals surface area (Å²) in [6.07, 6.45) is 6.39. The molecular formula is C23H30N2O6S2. The summed E-state index contributed by atoms with van der Waals surface area (Å²) in [5, 5.41) is 0. The normalized spacial score (nSPS) is 17.3. The fourth-order valence-corrected chi connectivity index (χ4v) is 7.46. The van der Waals surface area contributed by atoms with Gasteiger partial charge in [0.1, 0.15) is 21.3 Å². The molecule has 0 spiro atoms. The van der Waals surface area contributed by atoms with E-state index in [-0.39, 0.29) is 27.0 Å². The van der Waals surface area contributed by atoms with E-state index in [9.17, 15) is 16.8 Å². The maximum absolute atomic E-state index is 13.3. The molecule has 0 unspecified atom stereocenters. The molecule has 1 aliphatic carbocycles. The second-order valence-corrected chi connectivity index (χ2v) is 12.0. The van der Waals surface area contributed by atoms with Crippen molar-refractivity contribution in [3.8, 4) is 11.5 Å². The van der Waals surface area contributed by atoms with Crippen LogP contribution >= 0.6 is 0 Å². The molecule has 4 rings (SSSR count). The fourth-order valence-electron chi connectivity index (χ4n) is 4.51. The lowest BCUT2D eigenvalue weighted by molar-refractivity contribution is 0.343. The van der Waals surface area contributed by atoms with Crippen LogP contribution in [-0.2, 0) is 32.9 Å². The number of hydrogen-bond acceptors (Lipinski definition) is 6. The largest absolute Gasteiger partial charge is 0.495 e. The molecule has 1 fully saturated rings. The minimum Gasteiger partial charge on any atom is -0.495 e. The van der Waals surface area contributed by atoms with Gasteiger partial charge in [0, 0.05) is 13.1 Å². The molecule has 0 saturated carbocycles. The summed E-state index contributed by atoms with van der Waals surface area (Å²) >= 11 is 0. The van der Waals surface area contributed by atoms with Crippen molar-refractivity contribution >= 4 is 25.7 Å². The molecular weight excluding hydrogens is 464 g/mol. The van der Waals surface area contributed by atoms with Crippen molar-refractivity contribution in [1.29, 1.82) is 0 Å². The van der Waals surface area contributed by atoms with Crippen molar-refractivity contribution in [3.05, 3.63) is 41.5 Å². The number of nitrogens with one attached hydrogen (secondary N) is 1. The highest BCUT2D eigenvalue weighted by Crippen LogP contribution is 2.35. The van der Waals surface area contributed by atoms with Crippen molar-refractivity contribution in [2.45, 2.75) is 54.7 Å². The quantitative estimate of drug-likeness (QED) is 0.632. The number of aryl methyl sites for hydroxylation is 2. The first kappa shape index (κ1) is 23.8. The van der Waals surface area contributed by atoms with E-state index in [1.54, 1.807) is 12.1 Å². The van der Waals surface area contributed by atoms with Crippen LogP contribution < -0.4 is 14.2 Å². The summed E-state index contributed by atoms with van der Waals surface area (Å²) in [6, 6.07) is 7.76. The first-order chi connectivity index (χ1) is 15.8. The summed E-state index contributed by atoms with van der Waals surface area (Å²) in [7, 11) is -5.00. The Morgan fingerprint density at radius 1 is 0.758 bits per heavy atom. The van der Waals surface area contributed by atoms with Gasteiger partial charge >= 0.3 is 0 Å². The minimum absolute atomic E-state index is 0.0434. The Hall–Kier alpha value is -2.30. The molecule has 1 saturated heterocycles. The van der Waals surface area contributed by atoms with Gasteiger partial charge in [-0.15, -0.1) is 0 Å². The Morgan fingerprint density at radius 3 is 2.03 bits per heavy atom. The Morgan fingerprint density at radius 2 is 1.39 bits per heavy atom. The molecule has 2 aromatic rings. The second kappa shape index (κ2) is 9.52. The molecule has 10 heteroatoms. The van der Waals surface area contributed by atoms with Crippen LogP contribution in [0.2, 0.25) is 0 Å². The third-order valence-corrected chi connectivity index (χ3v) is 9.59. The van der Waals surface area contributed by atoms with E-state index in [0.717, 1.165) is 56.1 Å². The van der Waals surface area contributed by atoms with E-state index in [4.69, 9.17) is 9.47 Å². The average molecular weight is 495 g/mol. The van der Waals surface area contributed by atoms with E-state index in [1.807, 2.05) is 0 Å². The first-order valence-corrected chi connectivity index (χ1v) is 14.1. The topological polar surface area (TPSA) is 102 Å². The predicted octanol–water partition coefficient (Wildman–Crippen LogP) is 3.56. The highest BCUT2D eigenvalue weighted by atomic mass is 32.2. The van der Waals surface area contributed by atoms with Gasteiger partial charge in [-0.1, -0.05) is 6.42 Å². The third kappa shape index (κ3) is 4.83. The van der Waals surface area contributed by atoms with Crippen molar-refractivity contribution in [3.63, 3.8) is 0 Å². The van der Waals surface area contributed by atoms with E-state index < -0.39 is 20.0 Å². The van der Waals surface area contributed by atoms with Gasteiger partial charge in [0.25, 0.3) is 10.0 Å². The van der Waals surface area contributed by atoms with Gasteiger partial charge in [-0.2, -0.15) is 4.31 Å². The molecule has 1 heterocycles. The molecule has 0 amide bonds. The van der Waals surface area contributed by atoms with Crippen LogP contribution in [0.4, 0.5) is 5.69 Å². The van der Waals surface area contributed by atoms with E-state index in [0.29, 0.717) is 13.1 Å². The van der Waals surface area contributed by atoms with Crippen LogP contribution in [0.3, 0.4) is 0 Å². The molecule has 0 aromatic heterocycles. The third-order valence-electron chi connectivity index (χ3n) is 6.27. The van der Waals surface area contributed by atoms with Crippen LogP contribution in [0, 0.1) is 0 Å². The number of fused-ring (bicyclic) bond motifs is 1. The SMILES string of the molecule is COc1cc2c(cc1S(=O)(=O)Nc1ccc(OC)c(S(=O)(=O)N3CCCCC3)c1)CCCC2. The Bertz CT molecular complexity index is 1240. The van der Waals surface area contributed by atoms with Gasteiger partial charge in [0.05, 0.1) is 19.9 Å². The number of methoxy groups -OCH3 is 2. The average Bonchev–Trinajstić information content (AvgIpc) is 2.83. The standard InChI is InChI=1S/C23H30N2O6S2/c1-30-20-11-10-19(16-23(20)33(28,29)25-12-6-3-7-13-25)24-32(26,27)22-15-18-9-5-4-8-17(18)14-21(22)31-2/h10-11,14-16,24H,3-9,12-13H2,1-2H3. The van der Waals surface area contributed by atoms with Crippen LogP contribution in [0.1, 0.15) is 43.2 Å². The molecule has 180 valence electrons. The summed E-state index contributed by atoms with van der Waals surface area (Å²) in [6.45, 7) is 0.877. The van der Waals surface area contributed by atoms with Crippen LogP contribution in [0.25, 0.3) is 0 Å². The number of piperidine rings is 1. The molecule has 0 bridgehead atoms. The molecule has 2 aliphatic rings. The minimum atomic E-state index is -4.02. The smallest absolute Gasteiger partial charge is 0.265 e. The van der Waals surface area contributed by atoms with Crippen LogP contribution in [-0.4, -0.2) is 48.4 Å². The van der Waals surface area contributed by atoms with Gasteiger partial charge in [-0.25, -0.2) is 16.8 Å². The Kier molecular flexibility index (Phi) is 6.88. The monoisotopic (exact) mass is 494 g/mol. The molecule has 1 N–H and O–H groups in total. The molecule has 0 atom stereocenters. The number of sulfonamides is 2. The van der Waals surface area contributed by atoms with Gasteiger partial charge in [-0.3, -0.25) is 4.72 Å². The number of benzene rings is 2. The maximum Gasteiger partial charge on any atom is 0.265 e. The lowest BCUT2D eigenvalue weighted by atomic mass is 9.92. The van der Waals surface area contributed by atoms with Crippen molar-refractivity contribution in [2.75, 3.05) is 32.0 Å². The Balaban J connectivity index is 1.70. The summed E-state index contributed by atoms with van der Waals surface area (Å²) in [5.41, 5.74) is 2.26. The fraction of sp³-hybridized carbons (Fsp3) is 0.478. The number of nitrogens with zero attached hydrogens (tertiary/aromatic N) is 1. The lowest BCUT2D eigenvalue weighted by Crippen LogP contribution is -2.35. The second-order valence-electron chi connectivity index (χ2n) is 8.41. The summed E-state index contributed by atoms with van der Waals surface area (Å²) < 4.78 is 67.8. The van der Waals surface area contributed by atoms with Crippen LogP contribution in [0.15, 0.2) is 40.1 Å². The molecule has 2 aromatic carbocycles. The predicted molar refractivity (Wildman–Crippen MR) is 126 cm³/mol. The maximum atomic E-state index is 13.3. The number of ether oxygens (including phenoxy) is 2. The highest BCUT2D eigenvalue weighted by Gasteiger charge is 2.30. The van der Waals surface area contributed by atoms with Crippen molar-refractivity contribution in [2.24, 2.45) is 0 Å². The van der Waals surface area contributed by atoms with Gasteiger partial charge in [-0.05, 0) is 80.0 Å². The van der Waals surface area contributed by atoms with E-state index in [2.05, 4.69) is 4.72 Å². The van der Waals surface area contributed by atoms with E-state index in [1.165, 1.54) is 36.7 Å². The lowest BCUT2D eigenvalue weighted by Gasteiger charge is -2.26. The van der Waals surface area contributed by atoms with Crippen LogP contribution in [0.5, 0.6) is 11.5 Å². The number of anilines is 1. The number of rotatable bonds is 7. The van der Waals surface area contributed by atoms with Crippen molar-refractivity contribution < 1.29 is 26.3 Å². The molecule has 33 heavy (non-hydrogen) atoms. The Labute approximate surface area is 196 Å². The number of hydrogen-bond donors (Lipinski definition) is 1. The van der Waals surface area contributed by atoms with E-state index >= 15 is 0 Å². The highest BCUT2D eigenvalue weighted by molar-refractivity contribution is 7.92. The summed E-state index contributed by atoms with van der Waals surface area (Å²) in [4.78, 5) is -0.00795. The molecule has 1 aliphatic heterocycles. The molecule has 0 radical (unpaired) electrons. The van der Waals surface area contributed by atoms with Crippen molar-refractivity contribution in [1.82, 2.24) is 4.31 Å². The van der Waals surface area contributed by atoms with Gasteiger partial charge < -0.3 is 9.47 Å².